The number of amides is 1. The highest BCUT2D eigenvalue weighted by Gasteiger charge is 2.29. The van der Waals surface area contributed by atoms with E-state index in [9.17, 15) is 13.2 Å². The van der Waals surface area contributed by atoms with E-state index in [4.69, 9.17) is 4.74 Å². The van der Waals surface area contributed by atoms with Gasteiger partial charge in [0.15, 0.2) is 0 Å². The standard InChI is InChI=1S/C23H28N2O4S/c1-18-8-7-9-20(16-18)24(2)23(26)13-11-19-10-12-21(29-3)22(17-19)30(27,28)25-14-5-4-6-15-25/h7-13,16-17H,4-6,14-15H2,1-3H3/b13-11+. The smallest absolute Gasteiger partial charge is 0.250 e. The lowest BCUT2D eigenvalue weighted by Gasteiger charge is -2.26. The summed E-state index contributed by atoms with van der Waals surface area (Å²) in [6, 6.07) is 12.6. The first kappa shape index (κ1) is 22.1. The van der Waals surface area contributed by atoms with Gasteiger partial charge in [-0.2, -0.15) is 4.31 Å². The number of ether oxygens (including phenoxy) is 1. The van der Waals surface area contributed by atoms with Crippen molar-refractivity contribution in [1.82, 2.24) is 4.31 Å². The van der Waals surface area contributed by atoms with Crippen molar-refractivity contribution >= 4 is 27.7 Å². The zero-order valence-corrected chi connectivity index (χ0v) is 18.5. The maximum absolute atomic E-state index is 13.1. The molecule has 2 aromatic rings. The third kappa shape index (κ3) is 4.91. The zero-order chi connectivity index (χ0) is 21.7. The molecule has 0 bridgehead atoms. The summed E-state index contributed by atoms with van der Waals surface area (Å²) < 4.78 is 33.1. The number of piperidine rings is 1. The normalized spacial score (nSPS) is 15.3. The number of methoxy groups -OCH3 is 1. The molecule has 0 spiro atoms. The van der Waals surface area contributed by atoms with E-state index in [1.807, 2.05) is 31.2 Å². The lowest BCUT2D eigenvalue weighted by molar-refractivity contribution is -0.113. The van der Waals surface area contributed by atoms with Crippen LogP contribution in [-0.4, -0.2) is 45.9 Å². The number of likely N-dealkylation sites (N-methyl/N-ethyl adjacent to an activating group) is 1. The molecule has 0 unspecified atom stereocenters. The molecule has 160 valence electrons. The highest BCUT2D eigenvalue weighted by Crippen LogP contribution is 2.30. The number of sulfonamides is 1. The number of hydrogen-bond donors (Lipinski definition) is 0. The molecule has 1 fully saturated rings. The van der Waals surface area contributed by atoms with Crippen molar-refractivity contribution in [3.63, 3.8) is 0 Å². The largest absolute Gasteiger partial charge is 0.495 e. The summed E-state index contributed by atoms with van der Waals surface area (Å²) in [7, 11) is -0.482. The number of anilines is 1. The summed E-state index contributed by atoms with van der Waals surface area (Å²) in [4.78, 5) is 14.3. The Bertz CT molecular complexity index is 1040. The fraction of sp³-hybridized carbons (Fsp3) is 0.348. The van der Waals surface area contributed by atoms with Gasteiger partial charge in [0.1, 0.15) is 10.6 Å². The Labute approximate surface area is 178 Å². The molecule has 0 aromatic heterocycles. The number of benzene rings is 2. The van der Waals surface area contributed by atoms with Crippen LogP contribution in [0.4, 0.5) is 5.69 Å². The predicted octanol–water partition coefficient (Wildman–Crippen LogP) is 3.85. The van der Waals surface area contributed by atoms with Crippen molar-refractivity contribution in [1.29, 1.82) is 0 Å². The first-order valence-corrected chi connectivity index (χ1v) is 11.5. The minimum atomic E-state index is -3.65. The SMILES string of the molecule is COc1ccc(/C=C/C(=O)N(C)c2cccc(C)c2)cc1S(=O)(=O)N1CCCCC1. The molecule has 0 radical (unpaired) electrons. The zero-order valence-electron chi connectivity index (χ0n) is 17.7. The summed E-state index contributed by atoms with van der Waals surface area (Å²) in [6.45, 7) is 3.01. The molecule has 0 saturated carbocycles. The van der Waals surface area contributed by atoms with E-state index in [1.165, 1.54) is 17.5 Å². The molecule has 2 aromatic carbocycles. The first-order valence-electron chi connectivity index (χ1n) is 10.0. The summed E-state index contributed by atoms with van der Waals surface area (Å²) in [5.41, 5.74) is 2.49. The van der Waals surface area contributed by atoms with Crippen molar-refractivity contribution < 1.29 is 17.9 Å². The van der Waals surface area contributed by atoms with E-state index in [1.54, 1.807) is 36.2 Å². The Balaban J connectivity index is 1.84. The second-order valence-corrected chi connectivity index (χ2v) is 9.35. The quantitative estimate of drug-likeness (QED) is 0.656. The topological polar surface area (TPSA) is 66.9 Å². The Morgan fingerprint density at radius 1 is 1.10 bits per heavy atom. The van der Waals surface area contributed by atoms with Crippen molar-refractivity contribution in [3.05, 3.63) is 59.7 Å². The van der Waals surface area contributed by atoms with Crippen LogP contribution in [0.25, 0.3) is 6.08 Å². The van der Waals surface area contributed by atoms with E-state index in [0.717, 1.165) is 30.5 Å². The van der Waals surface area contributed by atoms with Gasteiger partial charge in [-0.3, -0.25) is 4.79 Å². The minimum absolute atomic E-state index is 0.133. The Kier molecular flexibility index (Phi) is 6.95. The van der Waals surface area contributed by atoms with Crippen LogP contribution in [-0.2, 0) is 14.8 Å². The van der Waals surface area contributed by atoms with E-state index in [-0.39, 0.29) is 10.8 Å². The van der Waals surface area contributed by atoms with Gasteiger partial charge in [-0.15, -0.1) is 0 Å². The minimum Gasteiger partial charge on any atom is -0.495 e. The Morgan fingerprint density at radius 3 is 2.50 bits per heavy atom. The van der Waals surface area contributed by atoms with Gasteiger partial charge in [0.05, 0.1) is 7.11 Å². The van der Waals surface area contributed by atoms with Gasteiger partial charge < -0.3 is 9.64 Å². The molecule has 6 nitrogen and oxygen atoms in total. The van der Waals surface area contributed by atoms with E-state index < -0.39 is 10.0 Å². The summed E-state index contributed by atoms with van der Waals surface area (Å²) in [5.74, 6) is 0.109. The van der Waals surface area contributed by atoms with Gasteiger partial charge in [-0.05, 0) is 61.2 Å². The highest BCUT2D eigenvalue weighted by atomic mass is 32.2. The van der Waals surface area contributed by atoms with Crippen LogP contribution in [0, 0.1) is 6.92 Å². The van der Waals surface area contributed by atoms with Gasteiger partial charge in [-0.25, -0.2) is 8.42 Å². The third-order valence-corrected chi connectivity index (χ3v) is 7.18. The van der Waals surface area contributed by atoms with Crippen LogP contribution >= 0.6 is 0 Å². The van der Waals surface area contributed by atoms with Gasteiger partial charge in [0, 0.05) is 31.9 Å². The molecule has 7 heteroatoms. The fourth-order valence-electron chi connectivity index (χ4n) is 3.49. The number of carbonyl (C=O) groups is 1. The highest BCUT2D eigenvalue weighted by molar-refractivity contribution is 7.89. The van der Waals surface area contributed by atoms with Crippen LogP contribution in [0.1, 0.15) is 30.4 Å². The lowest BCUT2D eigenvalue weighted by Crippen LogP contribution is -2.35. The first-order chi connectivity index (χ1) is 14.3. The third-order valence-electron chi connectivity index (χ3n) is 5.26. The van der Waals surface area contributed by atoms with Crippen molar-refractivity contribution in [2.45, 2.75) is 31.1 Å². The van der Waals surface area contributed by atoms with E-state index >= 15 is 0 Å². The molecule has 1 amide bonds. The number of hydrogen-bond acceptors (Lipinski definition) is 4. The van der Waals surface area contributed by atoms with Crippen LogP contribution in [0.15, 0.2) is 53.4 Å². The second kappa shape index (κ2) is 9.45. The monoisotopic (exact) mass is 428 g/mol. The van der Waals surface area contributed by atoms with E-state index in [0.29, 0.717) is 24.4 Å². The number of nitrogens with zero attached hydrogens (tertiary/aromatic N) is 2. The maximum Gasteiger partial charge on any atom is 0.250 e. The molecule has 1 heterocycles. The summed E-state index contributed by atoms with van der Waals surface area (Å²) in [5, 5.41) is 0. The molecule has 0 atom stereocenters. The summed E-state index contributed by atoms with van der Waals surface area (Å²) >= 11 is 0. The van der Waals surface area contributed by atoms with Gasteiger partial charge >= 0.3 is 0 Å². The Morgan fingerprint density at radius 2 is 1.83 bits per heavy atom. The summed E-state index contributed by atoms with van der Waals surface area (Å²) in [6.07, 6.45) is 5.84. The van der Waals surface area contributed by atoms with Crippen molar-refractivity contribution in [2.24, 2.45) is 0 Å². The molecular weight excluding hydrogens is 400 g/mol. The van der Waals surface area contributed by atoms with Gasteiger partial charge in [0.25, 0.3) is 5.91 Å². The van der Waals surface area contributed by atoms with Gasteiger partial charge in [0.2, 0.25) is 10.0 Å². The van der Waals surface area contributed by atoms with Crippen LogP contribution < -0.4 is 9.64 Å². The Hall–Kier alpha value is -2.64. The average molecular weight is 429 g/mol. The molecule has 0 N–H and O–H groups in total. The average Bonchev–Trinajstić information content (AvgIpc) is 2.77. The molecule has 1 saturated heterocycles. The molecule has 1 aliphatic heterocycles. The van der Waals surface area contributed by atoms with E-state index in [2.05, 4.69) is 0 Å². The van der Waals surface area contributed by atoms with Crippen LogP contribution in [0.3, 0.4) is 0 Å². The molecule has 1 aliphatic rings. The van der Waals surface area contributed by atoms with Crippen molar-refractivity contribution in [3.8, 4) is 5.75 Å². The molecule has 3 rings (SSSR count). The van der Waals surface area contributed by atoms with Gasteiger partial charge in [-0.1, -0.05) is 24.6 Å². The lowest BCUT2D eigenvalue weighted by atomic mass is 10.2. The molecular formula is C23H28N2O4S. The molecule has 30 heavy (non-hydrogen) atoms. The molecule has 0 aliphatic carbocycles. The maximum atomic E-state index is 13.1. The number of rotatable bonds is 6. The van der Waals surface area contributed by atoms with Crippen LogP contribution in [0.2, 0.25) is 0 Å². The number of aryl methyl sites for hydroxylation is 1. The van der Waals surface area contributed by atoms with Crippen LogP contribution in [0.5, 0.6) is 5.75 Å². The fourth-order valence-corrected chi connectivity index (χ4v) is 5.19. The predicted molar refractivity (Wildman–Crippen MR) is 119 cm³/mol. The van der Waals surface area contributed by atoms with Crippen molar-refractivity contribution in [2.75, 3.05) is 32.1 Å². The number of carbonyl (C=O) groups excluding carboxylic acids is 1. The second-order valence-electron chi connectivity index (χ2n) is 7.44.